The summed E-state index contributed by atoms with van der Waals surface area (Å²) in [5.74, 6) is 1.03. The molecule has 0 aromatic carbocycles. The maximum Gasteiger partial charge on any atom is 0.140 e. The number of fused-ring (bicyclic) bond motifs is 1. The molecule has 0 aliphatic carbocycles. The predicted octanol–water partition coefficient (Wildman–Crippen LogP) is 3.61. The fourth-order valence-corrected chi connectivity index (χ4v) is 2.79. The van der Waals surface area contributed by atoms with Crippen molar-refractivity contribution in [1.29, 1.82) is 0 Å². The molecule has 2 aromatic rings. The van der Waals surface area contributed by atoms with E-state index in [1.54, 1.807) is 17.7 Å². The molecule has 0 aliphatic heterocycles. The third-order valence-corrected chi connectivity index (χ3v) is 4.07. The Hall–Kier alpha value is -0.680. The SMILES string of the molecule is Cc1cc2c(N(C)CCC(C)Br)ncnc2s1. The van der Waals surface area contributed by atoms with Crippen LogP contribution in [0, 0.1) is 6.92 Å². The summed E-state index contributed by atoms with van der Waals surface area (Å²) in [6, 6.07) is 2.17. The molecule has 0 amide bonds. The first-order valence-electron chi connectivity index (χ1n) is 5.64. The Bertz CT molecular complexity index is 509. The maximum absolute atomic E-state index is 4.40. The van der Waals surface area contributed by atoms with Gasteiger partial charge in [0.2, 0.25) is 0 Å². The summed E-state index contributed by atoms with van der Waals surface area (Å²) in [6.07, 6.45) is 2.76. The minimum Gasteiger partial charge on any atom is -0.359 e. The van der Waals surface area contributed by atoms with E-state index in [2.05, 4.69) is 57.8 Å². The van der Waals surface area contributed by atoms with E-state index < -0.39 is 0 Å². The topological polar surface area (TPSA) is 29.0 Å². The van der Waals surface area contributed by atoms with Gasteiger partial charge in [0.05, 0.1) is 5.39 Å². The van der Waals surface area contributed by atoms with Crippen molar-refractivity contribution in [3.05, 3.63) is 17.3 Å². The van der Waals surface area contributed by atoms with Crippen molar-refractivity contribution < 1.29 is 0 Å². The molecule has 17 heavy (non-hydrogen) atoms. The van der Waals surface area contributed by atoms with Gasteiger partial charge in [-0.2, -0.15) is 0 Å². The minimum absolute atomic E-state index is 0.534. The van der Waals surface area contributed by atoms with Gasteiger partial charge in [0.15, 0.2) is 0 Å². The number of rotatable bonds is 4. The summed E-state index contributed by atoms with van der Waals surface area (Å²) in [7, 11) is 2.09. The largest absolute Gasteiger partial charge is 0.359 e. The molecule has 0 fully saturated rings. The lowest BCUT2D eigenvalue weighted by molar-refractivity contribution is 0.780. The predicted molar refractivity (Wildman–Crippen MR) is 78.4 cm³/mol. The normalized spacial score (nSPS) is 12.9. The van der Waals surface area contributed by atoms with Crippen molar-refractivity contribution in [2.24, 2.45) is 0 Å². The highest BCUT2D eigenvalue weighted by Gasteiger charge is 2.11. The van der Waals surface area contributed by atoms with Gasteiger partial charge in [-0.05, 0) is 19.4 Å². The van der Waals surface area contributed by atoms with Gasteiger partial charge in [-0.3, -0.25) is 0 Å². The summed E-state index contributed by atoms with van der Waals surface area (Å²) < 4.78 is 0. The number of alkyl halides is 1. The number of aryl methyl sites for hydroxylation is 1. The van der Waals surface area contributed by atoms with E-state index in [0.29, 0.717) is 4.83 Å². The first-order chi connectivity index (χ1) is 8.08. The minimum atomic E-state index is 0.534. The van der Waals surface area contributed by atoms with Gasteiger partial charge in [0.1, 0.15) is 17.0 Å². The molecule has 1 unspecified atom stereocenters. The third kappa shape index (κ3) is 2.96. The second-order valence-electron chi connectivity index (χ2n) is 4.26. The Morgan fingerprint density at radius 2 is 2.24 bits per heavy atom. The zero-order chi connectivity index (χ0) is 12.4. The van der Waals surface area contributed by atoms with Crippen LogP contribution in [0.2, 0.25) is 0 Å². The molecule has 0 radical (unpaired) electrons. The number of anilines is 1. The number of aromatic nitrogens is 2. The van der Waals surface area contributed by atoms with Gasteiger partial charge < -0.3 is 4.90 Å². The third-order valence-electron chi connectivity index (χ3n) is 2.66. The maximum atomic E-state index is 4.40. The fourth-order valence-electron chi connectivity index (χ4n) is 1.75. The summed E-state index contributed by atoms with van der Waals surface area (Å²) in [5, 5.41) is 1.17. The van der Waals surface area contributed by atoms with E-state index in [4.69, 9.17) is 0 Å². The van der Waals surface area contributed by atoms with Crippen LogP contribution in [-0.4, -0.2) is 28.4 Å². The van der Waals surface area contributed by atoms with Crippen molar-refractivity contribution in [1.82, 2.24) is 9.97 Å². The van der Waals surface area contributed by atoms with Crippen LogP contribution in [0.1, 0.15) is 18.2 Å². The highest BCUT2D eigenvalue weighted by Crippen LogP contribution is 2.29. The van der Waals surface area contributed by atoms with Crippen LogP contribution in [0.25, 0.3) is 10.2 Å². The second kappa shape index (κ2) is 5.31. The molecular formula is C12H16BrN3S. The van der Waals surface area contributed by atoms with Crippen molar-refractivity contribution >= 4 is 43.3 Å². The smallest absolute Gasteiger partial charge is 0.140 e. The monoisotopic (exact) mass is 313 g/mol. The number of hydrogen-bond donors (Lipinski definition) is 0. The van der Waals surface area contributed by atoms with E-state index >= 15 is 0 Å². The summed E-state index contributed by atoms with van der Waals surface area (Å²) in [4.78, 5) is 13.8. The van der Waals surface area contributed by atoms with Crippen LogP contribution < -0.4 is 4.90 Å². The molecule has 3 nitrogen and oxygen atoms in total. The van der Waals surface area contributed by atoms with E-state index in [0.717, 1.165) is 23.6 Å². The number of nitrogens with zero attached hydrogens (tertiary/aromatic N) is 3. The van der Waals surface area contributed by atoms with Crippen LogP contribution in [0.15, 0.2) is 12.4 Å². The van der Waals surface area contributed by atoms with Crippen LogP contribution in [0.5, 0.6) is 0 Å². The zero-order valence-corrected chi connectivity index (χ0v) is 12.7. The van der Waals surface area contributed by atoms with Crippen LogP contribution in [0.4, 0.5) is 5.82 Å². The second-order valence-corrected chi connectivity index (χ2v) is 7.06. The first kappa shape index (κ1) is 12.8. The average Bonchev–Trinajstić information content (AvgIpc) is 2.65. The van der Waals surface area contributed by atoms with Gasteiger partial charge in [-0.25, -0.2) is 9.97 Å². The molecular weight excluding hydrogens is 298 g/mol. The Labute approximate surface area is 114 Å². The van der Waals surface area contributed by atoms with E-state index in [1.165, 1.54) is 10.3 Å². The average molecular weight is 314 g/mol. The molecule has 0 aliphatic rings. The van der Waals surface area contributed by atoms with Gasteiger partial charge >= 0.3 is 0 Å². The lowest BCUT2D eigenvalue weighted by Crippen LogP contribution is -2.21. The summed E-state index contributed by atoms with van der Waals surface area (Å²) >= 11 is 5.29. The Kier molecular flexibility index (Phi) is 3.99. The molecule has 92 valence electrons. The van der Waals surface area contributed by atoms with Gasteiger partial charge in [0.25, 0.3) is 0 Å². The molecule has 2 rings (SSSR count). The van der Waals surface area contributed by atoms with Crippen LogP contribution >= 0.6 is 27.3 Å². The van der Waals surface area contributed by atoms with Crippen LogP contribution in [0.3, 0.4) is 0 Å². The molecule has 0 saturated carbocycles. The van der Waals surface area contributed by atoms with Gasteiger partial charge in [0, 0.05) is 23.3 Å². The quantitative estimate of drug-likeness (QED) is 0.807. The lowest BCUT2D eigenvalue weighted by Gasteiger charge is -2.19. The first-order valence-corrected chi connectivity index (χ1v) is 7.37. The van der Waals surface area contributed by atoms with Gasteiger partial charge in [-0.15, -0.1) is 11.3 Å². The molecule has 1 atom stereocenters. The summed E-state index contributed by atoms with van der Waals surface area (Å²) in [5.41, 5.74) is 0. The van der Waals surface area contributed by atoms with Crippen molar-refractivity contribution in [2.45, 2.75) is 25.1 Å². The highest BCUT2D eigenvalue weighted by molar-refractivity contribution is 9.09. The molecule has 5 heteroatoms. The number of thiophene rings is 1. The Morgan fingerprint density at radius 1 is 1.47 bits per heavy atom. The van der Waals surface area contributed by atoms with Crippen molar-refractivity contribution in [3.63, 3.8) is 0 Å². The summed E-state index contributed by atoms with van der Waals surface area (Å²) in [6.45, 7) is 5.27. The van der Waals surface area contributed by atoms with Crippen molar-refractivity contribution in [3.8, 4) is 0 Å². The van der Waals surface area contributed by atoms with E-state index in [1.807, 2.05) is 0 Å². The lowest BCUT2D eigenvalue weighted by atomic mass is 10.3. The number of hydrogen-bond acceptors (Lipinski definition) is 4. The number of halogens is 1. The van der Waals surface area contributed by atoms with E-state index in [-0.39, 0.29) is 0 Å². The fraction of sp³-hybridized carbons (Fsp3) is 0.500. The highest BCUT2D eigenvalue weighted by atomic mass is 79.9. The van der Waals surface area contributed by atoms with Crippen molar-refractivity contribution in [2.75, 3.05) is 18.5 Å². The molecule has 0 bridgehead atoms. The molecule has 2 heterocycles. The van der Waals surface area contributed by atoms with Crippen LogP contribution in [-0.2, 0) is 0 Å². The molecule has 2 aromatic heterocycles. The molecule has 0 N–H and O–H groups in total. The molecule has 0 spiro atoms. The van der Waals surface area contributed by atoms with E-state index in [9.17, 15) is 0 Å². The Balaban J connectivity index is 2.28. The standard InChI is InChI=1S/C12H16BrN3S/c1-8(13)4-5-16(3)11-10-6-9(2)17-12(10)15-7-14-11/h6-8H,4-5H2,1-3H3. The van der Waals surface area contributed by atoms with Gasteiger partial charge in [-0.1, -0.05) is 22.9 Å². The zero-order valence-electron chi connectivity index (χ0n) is 10.3. The molecule has 0 saturated heterocycles. The Morgan fingerprint density at radius 3 is 2.94 bits per heavy atom.